The maximum atomic E-state index is 9.74. The van der Waals surface area contributed by atoms with E-state index >= 15 is 0 Å². The second-order valence-electron chi connectivity index (χ2n) is 6.67. The number of ether oxygens (including phenoxy) is 2. The quantitative estimate of drug-likeness (QED) is 0.684. The number of hydrogen-bond acceptors (Lipinski definition) is 4. The van der Waals surface area contributed by atoms with Crippen LogP contribution < -0.4 is 5.32 Å². The van der Waals surface area contributed by atoms with Crippen molar-refractivity contribution in [1.82, 2.24) is 5.32 Å². The molecule has 0 saturated heterocycles. The van der Waals surface area contributed by atoms with Gasteiger partial charge in [-0.2, -0.15) is 0 Å². The molecule has 1 fully saturated rings. The number of aliphatic hydroxyl groups is 1. The largest absolute Gasteiger partial charge is 0.394 e. The first-order valence-corrected chi connectivity index (χ1v) is 7.99. The average molecular weight is 287 g/mol. The molecule has 2 unspecified atom stereocenters. The van der Waals surface area contributed by atoms with E-state index in [4.69, 9.17) is 9.47 Å². The Morgan fingerprint density at radius 3 is 2.75 bits per heavy atom. The van der Waals surface area contributed by atoms with Crippen LogP contribution in [0.2, 0.25) is 0 Å². The Kier molecular flexibility index (Phi) is 7.45. The summed E-state index contributed by atoms with van der Waals surface area (Å²) in [6.07, 6.45) is 6.43. The lowest BCUT2D eigenvalue weighted by Crippen LogP contribution is -2.53. The molecule has 0 aliphatic heterocycles. The van der Waals surface area contributed by atoms with Gasteiger partial charge in [0.1, 0.15) is 0 Å². The van der Waals surface area contributed by atoms with Crippen LogP contribution in [0.15, 0.2) is 0 Å². The highest BCUT2D eigenvalue weighted by molar-refractivity contribution is 4.93. The lowest BCUT2D eigenvalue weighted by molar-refractivity contribution is -0.0499. The number of rotatable bonds is 9. The Bertz CT molecular complexity index is 270. The summed E-state index contributed by atoms with van der Waals surface area (Å²) >= 11 is 0. The van der Waals surface area contributed by atoms with Crippen molar-refractivity contribution in [1.29, 1.82) is 0 Å². The van der Waals surface area contributed by atoms with Gasteiger partial charge < -0.3 is 19.9 Å². The summed E-state index contributed by atoms with van der Waals surface area (Å²) < 4.78 is 11.4. The van der Waals surface area contributed by atoms with Crippen molar-refractivity contribution >= 4 is 0 Å². The van der Waals surface area contributed by atoms with Crippen LogP contribution in [0.25, 0.3) is 0 Å². The Morgan fingerprint density at radius 2 is 2.15 bits per heavy atom. The van der Waals surface area contributed by atoms with E-state index < -0.39 is 0 Å². The first-order valence-electron chi connectivity index (χ1n) is 7.99. The zero-order valence-corrected chi connectivity index (χ0v) is 13.7. The monoisotopic (exact) mass is 287 g/mol. The third-order valence-electron chi connectivity index (χ3n) is 4.46. The zero-order chi connectivity index (χ0) is 15.1. The van der Waals surface area contributed by atoms with E-state index in [0.717, 1.165) is 51.7 Å². The Balaban J connectivity index is 2.39. The standard InChI is InChI=1S/C16H33NO3/c1-5-10-17-16(13-18)8-6-7-14(12-16)20-11-9-15(2,3)19-4/h14,17-18H,5-13H2,1-4H3. The maximum absolute atomic E-state index is 9.74. The van der Waals surface area contributed by atoms with E-state index in [1.165, 1.54) is 0 Å². The van der Waals surface area contributed by atoms with E-state index in [0.29, 0.717) is 0 Å². The smallest absolute Gasteiger partial charge is 0.0644 e. The summed E-state index contributed by atoms with van der Waals surface area (Å²) in [4.78, 5) is 0. The van der Waals surface area contributed by atoms with Crippen LogP contribution in [0.1, 0.15) is 59.3 Å². The lowest BCUT2D eigenvalue weighted by Gasteiger charge is -2.40. The van der Waals surface area contributed by atoms with Crippen molar-refractivity contribution in [2.75, 3.05) is 26.9 Å². The molecule has 120 valence electrons. The van der Waals surface area contributed by atoms with E-state index in [2.05, 4.69) is 26.1 Å². The molecule has 0 spiro atoms. The predicted octanol–water partition coefficient (Wildman–Crippen LogP) is 2.49. The van der Waals surface area contributed by atoms with Crippen LogP contribution in [0.4, 0.5) is 0 Å². The highest BCUT2D eigenvalue weighted by Gasteiger charge is 2.35. The van der Waals surface area contributed by atoms with Gasteiger partial charge in [0.2, 0.25) is 0 Å². The fraction of sp³-hybridized carbons (Fsp3) is 1.00. The fourth-order valence-electron chi connectivity index (χ4n) is 2.77. The van der Waals surface area contributed by atoms with Crippen molar-refractivity contribution in [2.45, 2.75) is 76.5 Å². The maximum Gasteiger partial charge on any atom is 0.0644 e. The van der Waals surface area contributed by atoms with Gasteiger partial charge in [0.05, 0.1) is 18.3 Å². The van der Waals surface area contributed by atoms with E-state index in [1.807, 2.05) is 0 Å². The molecule has 1 aliphatic rings. The van der Waals surface area contributed by atoms with Crippen molar-refractivity contribution in [3.63, 3.8) is 0 Å². The van der Waals surface area contributed by atoms with Gasteiger partial charge in [0.25, 0.3) is 0 Å². The third kappa shape index (κ3) is 5.68. The number of nitrogens with one attached hydrogen (secondary N) is 1. The molecule has 0 aromatic rings. The van der Waals surface area contributed by atoms with E-state index in [1.54, 1.807) is 7.11 Å². The Hall–Kier alpha value is -0.160. The van der Waals surface area contributed by atoms with Crippen molar-refractivity contribution in [2.24, 2.45) is 0 Å². The van der Waals surface area contributed by atoms with Crippen LogP contribution in [0, 0.1) is 0 Å². The highest BCUT2D eigenvalue weighted by Crippen LogP contribution is 2.30. The molecule has 0 aromatic heterocycles. The van der Waals surface area contributed by atoms with Gasteiger partial charge in [-0.05, 0) is 58.9 Å². The number of methoxy groups -OCH3 is 1. The Morgan fingerprint density at radius 1 is 1.40 bits per heavy atom. The summed E-state index contributed by atoms with van der Waals surface area (Å²) in [5, 5.41) is 13.3. The minimum absolute atomic E-state index is 0.122. The SMILES string of the molecule is CCCNC1(CO)CCCC(OCCC(C)(C)OC)C1. The van der Waals surface area contributed by atoms with Gasteiger partial charge in [-0.3, -0.25) is 0 Å². The molecule has 1 rings (SSSR count). The van der Waals surface area contributed by atoms with E-state index in [9.17, 15) is 5.11 Å². The number of hydrogen-bond donors (Lipinski definition) is 2. The van der Waals surface area contributed by atoms with Gasteiger partial charge in [-0.25, -0.2) is 0 Å². The molecule has 0 bridgehead atoms. The molecule has 1 saturated carbocycles. The second kappa shape index (κ2) is 8.32. The molecular formula is C16H33NO3. The molecular weight excluding hydrogens is 254 g/mol. The van der Waals surface area contributed by atoms with Crippen molar-refractivity contribution < 1.29 is 14.6 Å². The van der Waals surface area contributed by atoms with Crippen LogP contribution in [0.3, 0.4) is 0 Å². The first-order chi connectivity index (χ1) is 9.47. The fourth-order valence-corrected chi connectivity index (χ4v) is 2.77. The molecule has 4 nitrogen and oxygen atoms in total. The molecule has 4 heteroatoms. The molecule has 0 radical (unpaired) electrons. The van der Waals surface area contributed by atoms with Crippen LogP contribution >= 0.6 is 0 Å². The summed E-state index contributed by atoms with van der Waals surface area (Å²) in [5.41, 5.74) is -0.251. The van der Waals surface area contributed by atoms with Gasteiger partial charge in [0.15, 0.2) is 0 Å². The molecule has 0 aromatic carbocycles. The minimum Gasteiger partial charge on any atom is -0.394 e. The molecule has 2 N–H and O–H groups in total. The summed E-state index contributed by atoms with van der Waals surface area (Å²) in [5.74, 6) is 0. The normalized spacial score (nSPS) is 27.8. The summed E-state index contributed by atoms with van der Waals surface area (Å²) in [6, 6.07) is 0. The highest BCUT2D eigenvalue weighted by atomic mass is 16.5. The molecule has 0 amide bonds. The Labute approximate surface area is 124 Å². The van der Waals surface area contributed by atoms with Gasteiger partial charge >= 0.3 is 0 Å². The predicted molar refractivity (Wildman–Crippen MR) is 82.0 cm³/mol. The molecule has 0 heterocycles. The topological polar surface area (TPSA) is 50.7 Å². The summed E-state index contributed by atoms with van der Waals surface area (Å²) in [6.45, 7) is 8.21. The lowest BCUT2D eigenvalue weighted by atomic mass is 9.80. The minimum atomic E-state index is -0.129. The zero-order valence-electron chi connectivity index (χ0n) is 13.7. The van der Waals surface area contributed by atoms with Crippen molar-refractivity contribution in [3.8, 4) is 0 Å². The molecule has 2 atom stereocenters. The summed E-state index contributed by atoms with van der Waals surface area (Å²) in [7, 11) is 1.74. The van der Waals surface area contributed by atoms with E-state index in [-0.39, 0.29) is 23.9 Å². The van der Waals surface area contributed by atoms with Gasteiger partial charge in [0, 0.05) is 19.3 Å². The van der Waals surface area contributed by atoms with Gasteiger partial charge in [-0.15, -0.1) is 0 Å². The first kappa shape index (κ1) is 17.9. The molecule has 1 aliphatic carbocycles. The van der Waals surface area contributed by atoms with Crippen molar-refractivity contribution in [3.05, 3.63) is 0 Å². The van der Waals surface area contributed by atoms with Crippen LogP contribution in [0.5, 0.6) is 0 Å². The van der Waals surface area contributed by atoms with Crippen LogP contribution in [-0.2, 0) is 9.47 Å². The van der Waals surface area contributed by atoms with Crippen LogP contribution in [-0.4, -0.2) is 49.2 Å². The third-order valence-corrected chi connectivity index (χ3v) is 4.46. The second-order valence-corrected chi connectivity index (χ2v) is 6.67. The average Bonchev–Trinajstić information content (AvgIpc) is 2.45. The number of aliphatic hydroxyl groups excluding tert-OH is 1. The molecule has 20 heavy (non-hydrogen) atoms. The van der Waals surface area contributed by atoms with Gasteiger partial charge in [-0.1, -0.05) is 6.92 Å².